The number of hydrogen-bond donors (Lipinski definition) is 1. The molecule has 2 aliphatic carbocycles. The molecule has 4 rings (SSSR count). The molecule has 0 aromatic carbocycles. The van der Waals surface area contributed by atoms with Gasteiger partial charge in [-0.3, -0.25) is 0 Å². The van der Waals surface area contributed by atoms with Crippen LogP contribution in [0, 0.1) is 23.7 Å². The van der Waals surface area contributed by atoms with Crippen LogP contribution in [0.25, 0.3) is 0 Å². The Morgan fingerprint density at radius 1 is 1.11 bits per heavy atom. The summed E-state index contributed by atoms with van der Waals surface area (Å²) in [6, 6.07) is 0.477. The summed E-state index contributed by atoms with van der Waals surface area (Å²) in [6.45, 7) is 0.963. The maximum absolute atomic E-state index is 6.67. The maximum atomic E-state index is 6.67. The number of ether oxygens (including phenoxy) is 1. The molecule has 2 aliphatic heterocycles. The fourth-order valence-corrected chi connectivity index (χ4v) is 6.48. The predicted octanol–water partition coefficient (Wildman–Crippen LogP) is 3.05. The minimum Gasteiger partial charge on any atom is -0.375 e. The normalized spacial score (nSPS) is 45.9. The highest BCUT2D eigenvalue weighted by Crippen LogP contribution is 2.60. The summed E-state index contributed by atoms with van der Waals surface area (Å²) in [6.07, 6.45) is 9.39. The third-order valence-electron chi connectivity index (χ3n) is 6.40. The van der Waals surface area contributed by atoms with Crippen LogP contribution in [0.15, 0.2) is 0 Å². The van der Waals surface area contributed by atoms with Gasteiger partial charge < -0.3 is 10.5 Å². The second-order valence-electron chi connectivity index (χ2n) is 7.31. The van der Waals surface area contributed by atoms with Crippen molar-refractivity contribution in [2.75, 3.05) is 18.1 Å². The Morgan fingerprint density at radius 2 is 1.84 bits per heavy atom. The van der Waals surface area contributed by atoms with E-state index in [0.29, 0.717) is 6.04 Å². The molecule has 19 heavy (non-hydrogen) atoms. The number of fused-ring (bicyclic) bond motifs is 1. The number of rotatable bonds is 2. The minimum atomic E-state index is 0.218. The van der Waals surface area contributed by atoms with Crippen LogP contribution in [-0.4, -0.2) is 29.8 Å². The van der Waals surface area contributed by atoms with E-state index in [-0.39, 0.29) is 5.60 Å². The summed E-state index contributed by atoms with van der Waals surface area (Å²) in [5.74, 6) is 6.22. The SMILES string of the molecule is NC(C1CCOC2(CCSCC2)C1)C1C2CCCC21. The quantitative estimate of drug-likeness (QED) is 0.845. The highest BCUT2D eigenvalue weighted by Gasteiger charge is 2.57. The van der Waals surface area contributed by atoms with Crippen LogP contribution in [0.2, 0.25) is 0 Å². The van der Waals surface area contributed by atoms with E-state index in [1.807, 2.05) is 0 Å². The fraction of sp³-hybridized carbons (Fsp3) is 1.00. The molecule has 4 unspecified atom stereocenters. The van der Waals surface area contributed by atoms with Gasteiger partial charge in [0.2, 0.25) is 0 Å². The van der Waals surface area contributed by atoms with Crippen molar-refractivity contribution in [2.45, 2.75) is 56.6 Å². The molecular formula is C16H27NOS. The number of hydrogen-bond acceptors (Lipinski definition) is 3. The highest BCUT2D eigenvalue weighted by atomic mass is 32.2. The Bertz CT molecular complexity index is 326. The second-order valence-corrected chi connectivity index (χ2v) is 8.53. The summed E-state index contributed by atoms with van der Waals surface area (Å²) in [5.41, 5.74) is 6.89. The molecule has 0 amide bonds. The van der Waals surface area contributed by atoms with E-state index in [1.165, 1.54) is 56.5 Å². The summed E-state index contributed by atoms with van der Waals surface area (Å²) in [4.78, 5) is 0. The first-order valence-corrected chi connectivity index (χ1v) is 9.42. The zero-order chi connectivity index (χ0) is 12.9. The van der Waals surface area contributed by atoms with Crippen LogP contribution in [-0.2, 0) is 4.74 Å². The summed E-state index contributed by atoms with van der Waals surface area (Å²) in [7, 11) is 0. The lowest BCUT2D eigenvalue weighted by Crippen LogP contribution is -2.48. The van der Waals surface area contributed by atoms with Crippen molar-refractivity contribution in [3.63, 3.8) is 0 Å². The topological polar surface area (TPSA) is 35.2 Å². The molecule has 2 saturated carbocycles. The lowest BCUT2D eigenvalue weighted by molar-refractivity contribution is -0.107. The van der Waals surface area contributed by atoms with Crippen LogP contribution in [0.4, 0.5) is 0 Å². The van der Waals surface area contributed by atoms with Gasteiger partial charge in [-0.15, -0.1) is 0 Å². The molecule has 4 fully saturated rings. The van der Waals surface area contributed by atoms with Crippen LogP contribution in [0.3, 0.4) is 0 Å². The smallest absolute Gasteiger partial charge is 0.0701 e. The van der Waals surface area contributed by atoms with Crippen molar-refractivity contribution in [3.8, 4) is 0 Å². The van der Waals surface area contributed by atoms with Gasteiger partial charge in [0.25, 0.3) is 0 Å². The van der Waals surface area contributed by atoms with E-state index in [9.17, 15) is 0 Å². The maximum Gasteiger partial charge on any atom is 0.0701 e. The zero-order valence-electron chi connectivity index (χ0n) is 11.9. The van der Waals surface area contributed by atoms with Gasteiger partial charge in [-0.05, 0) is 73.7 Å². The minimum absolute atomic E-state index is 0.218. The van der Waals surface area contributed by atoms with E-state index >= 15 is 0 Å². The molecule has 0 radical (unpaired) electrons. The van der Waals surface area contributed by atoms with Crippen LogP contribution in [0.1, 0.15) is 44.9 Å². The Balaban J connectivity index is 1.41. The molecular weight excluding hydrogens is 254 g/mol. The Labute approximate surface area is 121 Å². The van der Waals surface area contributed by atoms with Crippen LogP contribution < -0.4 is 5.73 Å². The van der Waals surface area contributed by atoms with Gasteiger partial charge in [-0.2, -0.15) is 11.8 Å². The number of nitrogens with two attached hydrogens (primary N) is 1. The molecule has 0 aromatic heterocycles. The molecule has 4 atom stereocenters. The average Bonchev–Trinajstić information content (AvgIpc) is 2.91. The third-order valence-corrected chi connectivity index (χ3v) is 7.38. The zero-order valence-corrected chi connectivity index (χ0v) is 12.7. The largest absolute Gasteiger partial charge is 0.375 e. The molecule has 0 aromatic rings. The van der Waals surface area contributed by atoms with E-state index in [2.05, 4.69) is 11.8 Å². The average molecular weight is 281 g/mol. The van der Waals surface area contributed by atoms with Gasteiger partial charge in [0.1, 0.15) is 0 Å². The Hall–Kier alpha value is 0.270. The second kappa shape index (κ2) is 4.92. The van der Waals surface area contributed by atoms with Crippen LogP contribution in [0.5, 0.6) is 0 Å². The first kappa shape index (κ1) is 13.0. The summed E-state index contributed by atoms with van der Waals surface area (Å²) < 4.78 is 6.21. The molecule has 0 bridgehead atoms. The Morgan fingerprint density at radius 3 is 2.58 bits per heavy atom. The molecule has 2 N–H and O–H groups in total. The van der Waals surface area contributed by atoms with Crippen molar-refractivity contribution < 1.29 is 4.74 Å². The monoisotopic (exact) mass is 281 g/mol. The summed E-state index contributed by atoms with van der Waals surface area (Å²) >= 11 is 2.09. The molecule has 3 heteroatoms. The number of thioether (sulfide) groups is 1. The molecule has 108 valence electrons. The van der Waals surface area contributed by atoms with E-state index in [0.717, 1.165) is 30.3 Å². The van der Waals surface area contributed by atoms with Gasteiger partial charge in [0.05, 0.1) is 5.60 Å². The van der Waals surface area contributed by atoms with E-state index < -0.39 is 0 Å². The van der Waals surface area contributed by atoms with E-state index in [4.69, 9.17) is 10.5 Å². The third kappa shape index (κ3) is 2.26. The lowest BCUT2D eigenvalue weighted by atomic mass is 9.77. The van der Waals surface area contributed by atoms with Crippen molar-refractivity contribution in [1.82, 2.24) is 0 Å². The molecule has 2 heterocycles. The molecule has 2 saturated heterocycles. The van der Waals surface area contributed by atoms with Crippen LogP contribution >= 0.6 is 11.8 Å². The van der Waals surface area contributed by atoms with Gasteiger partial charge >= 0.3 is 0 Å². The first-order valence-electron chi connectivity index (χ1n) is 8.26. The van der Waals surface area contributed by atoms with Gasteiger partial charge in [-0.1, -0.05) is 6.42 Å². The van der Waals surface area contributed by atoms with Gasteiger partial charge in [0.15, 0.2) is 0 Å². The molecule has 1 spiro atoms. The van der Waals surface area contributed by atoms with Gasteiger partial charge in [-0.25, -0.2) is 0 Å². The van der Waals surface area contributed by atoms with Crippen molar-refractivity contribution in [2.24, 2.45) is 29.4 Å². The summed E-state index contributed by atoms with van der Waals surface area (Å²) in [5, 5.41) is 0. The fourth-order valence-electron chi connectivity index (χ4n) is 5.25. The highest BCUT2D eigenvalue weighted by molar-refractivity contribution is 7.99. The van der Waals surface area contributed by atoms with Crippen molar-refractivity contribution in [3.05, 3.63) is 0 Å². The molecule has 4 aliphatic rings. The standard InChI is InChI=1S/C16H27NOS/c17-15(14-12-2-1-3-13(12)14)11-4-7-18-16(10-11)5-8-19-9-6-16/h11-15H,1-10,17H2. The van der Waals surface area contributed by atoms with Gasteiger partial charge in [0, 0.05) is 12.6 Å². The molecule has 2 nitrogen and oxygen atoms in total. The van der Waals surface area contributed by atoms with E-state index in [1.54, 1.807) is 0 Å². The lowest BCUT2D eigenvalue weighted by Gasteiger charge is -2.45. The first-order chi connectivity index (χ1) is 9.29. The van der Waals surface area contributed by atoms with Crippen molar-refractivity contribution >= 4 is 11.8 Å². The van der Waals surface area contributed by atoms with Crippen molar-refractivity contribution in [1.29, 1.82) is 0 Å². The Kier molecular flexibility index (Phi) is 3.36. The predicted molar refractivity (Wildman–Crippen MR) is 80.3 cm³/mol.